The van der Waals surface area contributed by atoms with E-state index in [1.165, 1.54) is 12.0 Å². The second kappa shape index (κ2) is 4.63. The Morgan fingerprint density at radius 3 is 2.56 bits per heavy atom. The molecule has 0 aromatic heterocycles. The maximum atomic E-state index is 12.1. The van der Waals surface area contributed by atoms with E-state index in [9.17, 15) is 4.79 Å². The Hall–Kier alpha value is -1.51. The number of carbonyl (C=O) groups excluding carboxylic acids is 1. The summed E-state index contributed by atoms with van der Waals surface area (Å²) in [6, 6.07) is 3.82. The minimum atomic E-state index is -0.487. The van der Waals surface area contributed by atoms with Crippen LogP contribution in [0.5, 0.6) is 0 Å². The molecule has 2 N–H and O–H groups in total. The van der Waals surface area contributed by atoms with Gasteiger partial charge in [0.1, 0.15) is 5.60 Å². The smallest absolute Gasteiger partial charge is 0.340 e. The van der Waals surface area contributed by atoms with Crippen LogP contribution in [-0.2, 0) is 17.6 Å². The maximum absolute atomic E-state index is 12.1. The average Bonchev–Trinajstić information content (AvgIpc) is 2.27. The Labute approximate surface area is 108 Å². The summed E-state index contributed by atoms with van der Waals surface area (Å²) in [5, 5.41) is 0. The molecule has 0 spiro atoms. The number of aryl methyl sites for hydroxylation is 1. The van der Waals surface area contributed by atoms with Crippen LogP contribution in [0.2, 0.25) is 0 Å². The summed E-state index contributed by atoms with van der Waals surface area (Å²) in [5.74, 6) is -0.326. The van der Waals surface area contributed by atoms with Crippen LogP contribution < -0.4 is 5.73 Å². The van der Waals surface area contributed by atoms with Crippen LogP contribution in [0.15, 0.2) is 12.1 Å². The van der Waals surface area contributed by atoms with Gasteiger partial charge in [-0.15, -0.1) is 0 Å². The number of nitrogens with two attached hydrogens (primary N) is 1. The molecule has 1 aliphatic rings. The first kappa shape index (κ1) is 12.9. The van der Waals surface area contributed by atoms with Gasteiger partial charge >= 0.3 is 5.97 Å². The summed E-state index contributed by atoms with van der Waals surface area (Å²) in [5.41, 5.74) is 9.18. The highest BCUT2D eigenvalue weighted by atomic mass is 16.6. The molecule has 0 aliphatic heterocycles. The third kappa shape index (κ3) is 2.66. The van der Waals surface area contributed by atoms with E-state index in [2.05, 4.69) is 0 Å². The number of hydrogen-bond acceptors (Lipinski definition) is 3. The zero-order valence-corrected chi connectivity index (χ0v) is 11.4. The van der Waals surface area contributed by atoms with Crippen molar-refractivity contribution in [2.45, 2.75) is 52.1 Å². The summed E-state index contributed by atoms with van der Waals surface area (Å²) in [6.07, 6.45) is 4.39. The van der Waals surface area contributed by atoms with E-state index in [1.54, 1.807) is 6.07 Å². The molecule has 1 aromatic rings. The average molecular weight is 247 g/mol. The van der Waals surface area contributed by atoms with Crippen LogP contribution in [0.3, 0.4) is 0 Å². The van der Waals surface area contributed by atoms with Gasteiger partial charge in [0.05, 0.1) is 5.56 Å². The maximum Gasteiger partial charge on any atom is 0.340 e. The lowest BCUT2D eigenvalue weighted by Gasteiger charge is -2.22. The molecule has 0 unspecified atom stereocenters. The minimum absolute atomic E-state index is 0.326. The molecule has 2 rings (SSSR count). The standard InChI is InChI=1S/C15H21NO2/c1-15(2,3)18-14(17)12-9-8-10-6-4-5-7-11(10)13(12)16/h8-9H,4-7,16H2,1-3H3. The summed E-state index contributed by atoms with van der Waals surface area (Å²) in [7, 11) is 0. The normalized spacial score (nSPS) is 15.1. The van der Waals surface area contributed by atoms with E-state index in [-0.39, 0.29) is 5.97 Å². The number of anilines is 1. The van der Waals surface area contributed by atoms with Crippen molar-refractivity contribution in [1.82, 2.24) is 0 Å². The number of ether oxygens (including phenoxy) is 1. The SMILES string of the molecule is CC(C)(C)OC(=O)c1ccc2c(c1N)CCCC2. The molecule has 3 heteroatoms. The summed E-state index contributed by atoms with van der Waals surface area (Å²) in [6.45, 7) is 5.58. The van der Waals surface area contributed by atoms with E-state index in [4.69, 9.17) is 10.5 Å². The number of hydrogen-bond donors (Lipinski definition) is 1. The molecule has 18 heavy (non-hydrogen) atoms. The fourth-order valence-electron chi connectivity index (χ4n) is 2.37. The van der Waals surface area contributed by atoms with Crippen LogP contribution in [0.1, 0.15) is 55.1 Å². The zero-order valence-electron chi connectivity index (χ0n) is 11.4. The molecule has 1 aliphatic carbocycles. The largest absolute Gasteiger partial charge is 0.456 e. The minimum Gasteiger partial charge on any atom is -0.456 e. The third-order valence-electron chi connectivity index (χ3n) is 3.20. The van der Waals surface area contributed by atoms with Crippen LogP contribution >= 0.6 is 0 Å². The molecular formula is C15H21NO2. The van der Waals surface area contributed by atoms with Crippen molar-refractivity contribution in [3.05, 3.63) is 28.8 Å². The van der Waals surface area contributed by atoms with E-state index in [0.717, 1.165) is 24.8 Å². The van der Waals surface area contributed by atoms with Gasteiger partial charge in [-0.1, -0.05) is 6.07 Å². The van der Waals surface area contributed by atoms with Crippen LogP contribution in [0, 0.1) is 0 Å². The lowest BCUT2D eigenvalue weighted by Crippen LogP contribution is -2.25. The van der Waals surface area contributed by atoms with Gasteiger partial charge in [0.25, 0.3) is 0 Å². The topological polar surface area (TPSA) is 52.3 Å². The molecule has 0 saturated carbocycles. The lowest BCUT2D eigenvalue weighted by atomic mass is 9.89. The number of esters is 1. The van der Waals surface area contributed by atoms with Gasteiger partial charge in [-0.3, -0.25) is 0 Å². The fraction of sp³-hybridized carbons (Fsp3) is 0.533. The molecule has 0 heterocycles. The van der Waals surface area contributed by atoms with Crippen molar-refractivity contribution in [3.8, 4) is 0 Å². The predicted octanol–water partition coefficient (Wildman–Crippen LogP) is 3.10. The van der Waals surface area contributed by atoms with E-state index in [0.29, 0.717) is 11.3 Å². The predicted molar refractivity (Wildman–Crippen MR) is 72.7 cm³/mol. The van der Waals surface area contributed by atoms with Crippen molar-refractivity contribution in [2.75, 3.05) is 5.73 Å². The molecule has 0 amide bonds. The molecule has 0 fully saturated rings. The molecule has 0 radical (unpaired) electrons. The quantitative estimate of drug-likeness (QED) is 0.613. The third-order valence-corrected chi connectivity index (χ3v) is 3.20. The number of benzene rings is 1. The molecular weight excluding hydrogens is 226 g/mol. The highest BCUT2D eigenvalue weighted by Crippen LogP contribution is 2.29. The molecule has 1 aromatic carbocycles. The van der Waals surface area contributed by atoms with Gasteiger partial charge in [0.2, 0.25) is 0 Å². The second-order valence-corrected chi connectivity index (χ2v) is 5.87. The number of carbonyl (C=O) groups is 1. The van der Waals surface area contributed by atoms with Crippen molar-refractivity contribution >= 4 is 11.7 Å². The molecule has 0 atom stereocenters. The highest BCUT2D eigenvalue weighted by molar-refractivity contribution is 5.96. The fourth-order valence-corrected chi connectivity index (χ4v) is 2.37. The first-order valence-corrected chi connectivity index (χ1v) is 6.52. The Balaban J connectivity index is 2.32. The van der Waals surface area contributed by atoms with E-state index < -0.39 is 5.60 Å². The Bertz CT molecular complexity index is 472. The molecule has 98 valence electrons. The van der Waals surface area contributed by atoms with E-state index >= 15 is 0 Å². The second-order valence-electron chi connectivity index (χ2n) is 5.87. The van der Waals surface area contributed by atoms with Gasteiger partial charge in [-0.25, -0.2) is 4.79 Å². The van der Waals surface area contributed by atoms with Crippen molar-refractivity contribution < 1.29 is 9.53 Å². The summed E-state index contributed by atoms with van der Waals surface area (Å²) in [4.78, 5) is 12.1. The van der Waals surface area contributed by atoms with Crippen LogP contribution in [0.4, 0.5) is 5.69 Å². The van der Waals surface area contributed by atoms with Crippen LogP contribution in [0.25, 0.3) is 0 Å². The zero-order chi connectivity index (χ0) is 13.3. The van der Waals surface area contributed by atoms with E-state index in [1.807, 2.05) is 26.8 Å². The summed E-state index contributed by atoms with van der Waals surface area (Å²) >= 11 is 0. The van der Waals surface area contributed by atoms with Crippen molar-refractivity contribution in [3.63, 3.8) is 0 Å². The van der Waals surface area contributed by atoms with Gasteiger partial charge in [0.15, 0.2) is 0 Å². The Kier molecular flexibility index (Phi) is 3.33. The lowest BCUT2D eigenvalue weighted by molar-refractivity contribution is 0.00707. The Morgan fingerprint density at radius 1 is 1.22 bits per heavy atom. The molecule has 3 nitrogen and oxygen atoms in total. The first-order valence-electron chi connectivity index (χ1n) is 6.52. The Morgan fingerprint density at radius 2 is 1.89 bits per heavy atom. The van der Waals surface area contributed by atoms with Gasteiger partial charge in [0, 0.05) is 5.69 Å². The van der Waals surface area contributed by atoms with Crippen molar-refractivity contribution in [2.24, 2.45) is 0 Å². The monoisotopic (exact) mass is 247 g/mol. The first-order chi connectivity index (χ1) is 8.38. The van der Waals surface area contributed by atoms with Crippen molar-refractivity contribution in [1.29, 1.82) is 0 Å². The number of nitrogen functional groups attached to an aromatic ring is 1. The van der Waals surface area contributed by atoms with Crippen LogP contribution in [-0.4, -0.2) is 11.6 Å². The summed E-state index contributed by atoms with van der Waals surface area (Å²) < 4.78 is 5.38. The number of rotatable bonds is 1. The van der Waals surface area contributed by atoms with Gasteiger partial charge < -0.3 is 10.5 Å². The van der Waals surface area contributed by atoms with Gasteiger partial charge in [-0.2, -0.15) is 0 Å². The van der Waals surface area contributed by atoms with Gasteiger partial charge in [-0.05, 0) is 63.6 Å². The highest BCUT2D eigenvalue weighted by Gasteiger charge is 2.22. The molecule has 0 bridgehead atoms. The molecule has 0 saturated heterocycles. The number of fused-ring (bicyclic) bond motifs is 1.